The van der Waals surface area contributed by atoms with Crippen molar-refractivity contribution in [2.24, 2.45) is 0 Å². The van der Waals surface area contributed by atoms with Crippen molar-refractivity contribution in [3.8, 4) is 28.7 Å². The smallest absolute Gasteiger partial charge is 0.405 e. The first-order valence-corrected chi connectivity index (χ1v) is 52.3. The molecule has 7 atom stereocenters. The van der Waals surface area contributed by atoms with E-state index in [1.54, 1.807) is 78.5 Å². The Bertz CT molecular complexity index is 7390. The van der Waals surface area contributed by atoms with Gasteiger partial charge in [-0.25, -0.2) is 43.0 Å². The summed E-state index contributed by atoms with van der Waals surface area (Å²) in [5.74, 6) is 1.56. The van der Waals surface area contributed by atoms with Gasteiger partial charge in [-0.2, -0.15) is 24.9 Å². The number of rotatable bonds is 29. The van der Waals surface area contributed by atoms with E-state index in [2.05, 4.69) is 74.8 Å². The molecule has 15 aromatic rings. The second kappa shape index (κ2) is 44.7. The van der Waals surface area contributed by atoms with Crippen LogP contribution in [0.5, 0.6) is 28.7 Å². The van der Waals surface area contributed by atoms with Crippen molar-refractivity contribution in [3.05, 3.63) is 230 Å². The lowest BCUT2D eigenvalue weighted by molar-refractivity contribution is 0.0559. The number of para-hydroxylation sites is 3. The molecule has 0 spiro atoms. The maximum Gasteiger partial charge on any atom is 0.405 e. The Kier molecular flexibility index (Phi) is 32.1. The Morgan fingerprint density at radius 3 is 1.11 bits per heavy atom. The molecule has 0 aliphatic carbocycles. The number of nitrogens with zero attached hydrogens (tertiary/aromatic N) is 15. The fourth-order valence-corrected chi connectivity index (χ4v) is 22.3. The van der Waals surface area contributed by atoms with Crippen molar-refractivity contribution in [1.29, 1.82) is 0 Å². The monoisotopic (exact) mass is 2100 g/mol. The van der Waals surface area contributed by atoms with Crippen LogP contribution in [-0.4, -0.2) is 190 Å². The highest BCUT2D eigenvalue weighted by atomic mass is 35.5. The van der Waals surface area contributed by atoms with Crippen LogP contribution in [-0.2, 0) is 131 Å². The minimum Gasteiger partial charge on any atom is -0.496 e. The third-order valence-electron chi connectivity index (χ3n) is 21.4. The number of methoxy groups -OCH3 is 2. The van der Waals surface area contributed by atoms with Crippen LogP contribution in [0.2, 0.25) is 10.0 Å². The lowest BCUT2D eigenvalue weighted by atomic mass is 10.0. The van der Waals surface area contributed by atoms with Crippen LogP contribution in [0.4, 0.5) is 34.1 Å². The summed E-state index contributed by atoms with van der Waals surface area (Å²) in [4.78, 5) is 111. The molecule has 5 aromatic carbocycles. The number of fused-ring (bicyclic) bond motifs is 8. The number of hydrogen-bond acceptors (Lipinski definition) is 42. The quantitative estimate of drug-likeness (QED) is 0.0154. The van der Waals surface area contributed by atoms with Gasteiger partial charge in [-0.15, -0.1) is 0 Å². The number of anilines is 5. The number of benzene rings is 5. The number of H-pyrrole nitrogens is 5. The molecule has 0 bridgehead atoms. The lowest BCUT2D eigenvalue weighted by Crippen LogP contribution is -2.17. The van der Waals surface area contributed by atoms with Crippen LogP contribution in [0, 0.1) is 12.7 Å². The third kappa shape index (κ3) is 24.7. The number of nitrogens with two attached hydrogens (primary N) is 5. The van der Waals surface area contributed by atoms with E-state index in [1.165, 1.54) is 50.9 Å². The molecule has 10 aromatic heterocycles. The molecule has 5 aliphatic rings. The first-order chi connectivity index (χ1) is 68.2. The molecule has 0 radical (unpaired) electrons. The van der Waals surface area contributed by atoms with Crippen LogP contribution in [0.3, 0.4) is 0 Å². The number of nitrogen functional groups attached to an aromatic ring is 5. The Balaban J connectivity index is 0.000000128. The second-order valence-corrected chi connectivity index (χ2v) is 41.7. The number of aromatic amines is 5. The number of nitrogens with one attached hydrogen (secondary N) is 5. The fraction of sp³-hybridized carbons (Fsp3) is 0.329. The molecule has 0 saturated carbocycles. The molecule has 15 N–H and O–H groups in total. The van der Waals surface area contributed by atoms with Gasteiger partial charge in [-0.05, 0) is 66.1 Å². The normalized spacial score (nSPS) is 20.1. The average molecular weight is 2100 g/mol. The maximum atomic E-state index is 13.8. The van der Waals surface area contributed by atoms with E-state index in [1.807, 2.05) is 43.3 Å². The molecule has 2 saturated heterocycles. The van der Waals surface area contributed by atoms with Gasteiger partial charge in [0.25, 0.3) is 27.8 Å². The molecule has 752 valence electrons. The third-order valence-corrected chi connectivity index (χ3v) is 29.7. The highest BCUT2D eigenvalue weighted by Gasteiger charge is 2.40. The van der Waals surface area contributed by atoms with Gasteiger partial charge in [0.15, 0.2) is 92.2 Å². The molecule has 60 heteroatoms. The number of hydrogen-bond donors (Lipinski definition) is 10. The van der Waals surface area contributed by atoms with E-state index in [-0.39, 0.29) is 167 Å². The highest BCUT2D eigenvalue weighted by Crippen LogP contribution is 2.60. The Morgan fingerprint density at radius 2 is 0.725 bits per heavy atom. The average Bonchev–Trinajstić information content (AvgIpc) is 1.51. The maximum absolute atomic E-state index is 13.8. The minimum absolute atomic E-state index is 0.000782. The summed E-state index contributed by atoms with van der Waals surface area (Å²) in [6.45, 7) is 5.34. The lowest BCUT2D eigenvalue weighted by Gasteiger charge is -2.30. The van der Waals surface area contributed by atoms with Crippen LogP contribution in [0.15, 0.2) is 153 Å². The van der Waals surface area contributed by atoms with E-state index in [9.17, 15) is 51.2 Å². The van der Waals surface area contributed by atoms with Gasteiger partial charge < -0.3 is 107 Å². The van der Waals surface area contributed by atoms with E-state index in [0.29, 0.717) is 107 Å². The second-order valence-electron chi connectivity index (χ2n) is 31.3. The number of halogens is 3. The molecule has 142 heavy (non-hydrogen) atoms. The van der Waals surface area contributed by atoms with Gasteiger partial charge in [-0.3, -0.25) is 80.6 Å². The summed E-state index contributed by atoms with van der Waals surface area (Å²) < 4.78 is 178. The van der Waals surface area contributed by atoms with Crippen molar-refractivity contribution in [1.82, 2.24) is 97.6 Å². The van der Waals surface area contributed by atoms with E-state index in [0.717, 1.165) is 33.6 Å². The SMILES string of the molecule is COc1ccc(C2CCOP(=O)(COCCn3cnc4c(=O)[nH]c(N)nc43)O2)cc1C.COc1ccc(C2CCOP(=O)(COCCn3cnc4c(=O)[nH]c(N)nc43)O2)cc1Cl.Nc1nc2c(ncn2CCOCP2(=O)OCc3cccc(Cl)c3O2)c(=O)[nH]1.Nc1nc2c(ncn2CCOCP2(=O)OCc3cccc(F)c3O2)c(=O)[nH]1.Nc1nc2c(ncn2CCOCP2(=O)OCc3ccccc3O2)c(=O)[nH]1. The molecular formula is C82H91Cl2FN25O27P5. The number of ether oxygens (including phenoxy) is 7. The topological polar surface area (TPSA) is 690 Å². The van der Waals surface area contributed by atoms with Gasteiger partial charge in [0, 0.05) is 62.3 Å². The molecule has 5 aliphatic heterocycles. The van der Waals surface area contributed by atoms with Gasteiger partial charge in [0.1, 0.15) is 29.9 Å². The zero-order valence-electron chi connectivity index (χ0n) is 75.3. The van der Waals surface area contributed by atoms with Crippen molar-refractivity contribution in [3.63, 3.8) is 0 Å². The Hall–Kier alpha value is -13.0. The van der Waals surface area contributed by atoms with E-state index in [4.69, 9.17) is 130 Å². The summed E-state index contributed by atoms with van der Waals surface area (Å²) in [6, 6.07) is 27.9. The summed E-state index contributed by atoms with van der Waals surface area (Å²) in [5.41, 5.74) is 33.1. The first-order valence-electron chi connectivity index (χ1n) is 42.9. The zero-order chi connectivity index (χ0) is 100. The number of aromatic nitrogens is 20. The van der Waals surface area contributed by atoms with Crippen molar-refractivity contribution in [2.45, 2.75) is 84.5 Å². The highest BCUT2D eigenvalue weighted by molar-refractivity contribution is 7.55. The fourth-order valence-electron chi connectivity index (χ4n) is 14.5. The molecule has 0 amide bonds. The molecule has 15 heterocycles. The summed E-state index contributed by atoms with van der Waals surface area (Å²) >= 11 is 12.3. The predicted octanol–water partition coefficient (Wildman–Crippen LogP) is 10.3. The van der Waals surface area contributed by atoms with Crippen LogP contribution >= 0.6 is 61.2 Å². The largest absolute Gasteiger partial charge is 0.496 e. The summed E-state index contributed by atoms with van der Waals surface area (Å²) in [5, 5.41) is 0.816. The molecule has 52 nitrogen and oxygen atoms in total. The summed E-state index contributed by atoms with van der Waals surface area (Å²) in [6.07, 6.45) is 6.52. The molecule has 2 fully saturated rings. The number of aryl methyl sites for hydroxylation is 1. The zero-order valence-corrected chi connectivity index (χ0v) is 81.3. The van der Waals surface area contributed by atoms with Crippen molar-refractivity contribution < 1.29 is 106 Å². The first kappa shape index (κ1) is 102. The Morgan fingerprint density at radius 1 is 0.394 bits per heavy atom. The Labute approximate surface area is 809 Å². The number of imidazole rings is 5. The van der Waals surface area contributed by atoms with E-state index >= 15 is 0 Å². The van der Waals surface area contributed by atoms with Crippen LogP contribution in [0.1, 0.15) is 58.4 Å². The molecular weight excluding hydrogens is 2010 g/mol. The predicted molar refractivity (Wildman–Crippen MR) is 510 cm³/mol. The van der Waals surface area contributed by atoms with Crippen LogP contribution in [0.25, 0.3) is 55.8 Å². The van der Waals surface area contributed by atoms with Gasteiger partial charge in [-0.1, -0.05) is 77.8 Å². The standard InChI is InChI=1S/C19H24N5O6P.C18H21ClN5O6P.C15H15ClN5O5P.C15H15FN5O5P.C15H16N5O5P/c1-12-9-13(3-4-14(12)27-2)15-5-7-29-31(26,30-15)11-28-8-6-24-10-21-16-17(24)22-19(20)23-18(16)25;1-27-14-3-2-11(8-12(14)19)13-4-6-29-31(26,30-13)10-28-7-5-24-9-21-15-16(24)22-18(20)23-17(15)25;2*16-10-3-1-2-9-6-25-27(23,26-12(9)10)8-24-5-4-21-7-18-11-13(21)19-15(17)20-14(11)22;16-15-18-13-12(14(21)19-15)17-8-20(13)5-6-23-9-26(22)24-7-10-3-1-2-4-11(10)25-26/h3-4,9-10,15H,5-8,11H2,1-2H3,(H3,20,22,23,25);2-3,8-9,13H,4-7,10H2,1H3,(H3,20,22,23,25);2*1-3,7H,4-6,8H2,(H3,17,19,20,22);1-4,8H,5-7,9H2,(H3,16,18,19,21). The minimum atomic E-state index is -3.62. The molecule has 7 unspecified atom stereocenters. The van der Waals surface area contributed by atoms with Crippen LogP contribution < -0.4 is 79.5 Å². The summed E-state index contributed by atoms with van der Waals surface area (Å²) in [7, 11) is -14.1. The van der Waals surface area contributed by atoms with E-state index < -0.39 is 77.7 Å². The molecule has 20 rings (SSSR count). The van der Waals surface area contributed by atoms with Crippen molar-refractivity contribution in [2.75, 3.05) is 121 Å². The van der Waals surface area contributed by atoms with Gasteiger partial charge >= 0.3 is 38.0 Å². The van der Waals surface area contributed by atoms with Crippen molar-refractivity contribution >= 4 is 147 Å². The van der Waals surface area contributed by atoms with Gasteiger partial charge in [0.2, 0.25) is 29.7 Å². The van der Waals surface area contributed by atoms with Gasteiger partial charge in [0.05, 0.1) is 134 Å².